The van der Waals surface area contributed by atoms with Gasteiger partial charge < -0.3 is 0 Å². The van der Waals surface area contributed by atoms with Gasteiger partial charge in [-0.05, 0) is 44.3 Å². The van der Waals surface area contributed by atoms with Gasteiger partial charge in [0.05, 0.1) is 6.54 Å². The molecule has 0 spiro atoms. The van der Waals surface area contributed by atoms with Crippen LogP contribution in [0.5, 0.6) is 0 Å². The van der Waals surface area contributed by atoms with Crippen molar-refractivity contribution in [3.05, 3.63) is 35.6 Å². The van der Waals surface area contributed by atoms with Crippen molar-refractivity contribution in [2.75, 3.05) is 20.1 Å². The van der Waals surface area contributed by atoms with Crippen LogP contribution in [0.25, 0.3) is 0 Å². The Morgan fingerprint density at radius 3 is 2.47 bits per heavy atom. The van der Waals surface area contributed by atoms with E-state index in [0.29, 0.717) is 12.1 Å². The maximum Gasteiger partial charge on any atom is 0.176 e. The van der Waals surface area contributed by atoms with Crippen molar-refractivity contribution in [2.24, 2.45) is 0 Å². The van der Waals surface area contributed by atoms with Crippen LogP contribution >= 0.6 is 0 Å². The van der Waals surface area contributed by atoms with E-state index in [1.54, 1.807) is 0 Å². The Hall–Kier alpha value is -1.22. The molecule has 15 heavy (non-hydrogen) atoms. The first-order valence-corrected chi connectivity index (χ1v) is 5.10. The van der Waals surface area contributed by atoms with Crippen LogP contribution in [0.4, 0.5) is 4.39 Å². The fraction of sp³-hybridized carbons (Fsp3) is 0.417. The van der Waals surface area contributed by atoms with Gasteiger partial charge in [-0.3, -0.25) is 9.69 Å². The number of rotatable bonds is 5. The largest absolute Gasteiger partial charge is 0.299 e. The van der Waals surface area contributed by atoms with Crippen molar-refractivity contribution < 1.29 is 9.18 Å². The summed E-state index contributed by atoms with van der Waals surface area (Å²) >= 11 is 0. The Balaban J connectivity index is 2.57. The second-order valence-electron chi connectivity index (χ2n) is 3.67. The average molecular weight is 209 g/mol. The molecule has 0 radical (unpaired) electrons. The molecule has 0 fully saturated rings. The molecule has 1 aromatic rings. The molecule has 0 aliphatic rings. The van der Waals surface area contributed by atoms with Gasteiger partial charge >= 0.3 is 0 Å². The van der Waals surface area contributed by atoms with Gasteiger partial charge in [0, 0.05) is 5.56 Å². The van der Waals surface area contributed by atoms with Crippen molar-refractivity contribution >= 4 is 5.78 Å². The summed E-state index contributed by atoms with van der Waals surface area (Å²) in [5.74, 6) is -0.278. The van der Waals surface area contributed by atoms with Crippen molar-refractivity contribution in [2.45, 2.75) is 13.3 Å². The molecule has 0 aromatic heterocycles. The monoisotopic (exact) mass is 209 g/mol. The van der Waals surface area contributed by atoms with Crippen molar-refractivity contribution in [1.29, 1.82) is 0 Å². The van der Waals surface area contributed by atoms with E-state index in [1.807, 2.05) is 11.9 Å². The molecule has 3 heteroatoms. The molecule has 1 aromatic carbocycles. The predicted molar refractivity (Wildman–Crippen MR) is 58.5 cm³/mol. The maximum atomic E-state index is 12.6. The predicted octanol–water partition coefficient (Wildman–Crippen LogP) is 2.35. The third-order valence-electron chi connectivity index (χ3n) is 2.19. The summed E-state index contributed by atoms with van der Waals surface area (Å²) in [4.78, 5) is 13.6. The Labute approximate surface area is 89.7 Å². The molecule has 0 aliphatic carbocycles. The van der Waals surface area contributed by atoms with Gasteiger partial charge in [-0.1, -0.05) is 6.92 Å². The summed E-state index contributed by atoms with van der Waals surface area (Å²) < 4.78 is 12.6. The number of hydrogen-bond acceptors (Lipinski definition) is 2. The molecule has 0 atom stereocenters. The van der Waals surface area contributed by atoms with E-state index in [2.05, 4.69) is 6.92 Å². The first-order chi connectivity index (χ1) is 7.13. The number of benzene rings is 1. The number of halogens is 1. The standard InChI is InChI=1S/C12H16FNO/c1-3-8-14(2)9-12(15)10-4-6-11(13)7-5-10/h4-7H,3,8-9H2,1-2H3. The first kappa shape index (κ1) is 11.9. The number of carbonyl (C=O) groups excluding carboxylic acids is 1. The smallest absolute Gasteiger partial charge is 0.176 e. The van der Waals surface area contributed by atoms with E-state index in [9.17, 15) is 9.18 Å². The van der Waals surface area contributed by atoms with Crippen LogP contribution in [-0.4, -0.2) is 30.8 Å². The van der Waals surface area contributed by atoms with Crippen LogP contribution < -0.4 is 0 Å². The van der Waals surface area contributed by atoms with Crippen LogP contribution in [0.3, 0.4) is 0 Å². The second kappa shape index (κ2) is 5.61. The minimum atomic E-state index is -0.312. The normalized spacial score (nSPS) is 10.7. The number of hydrogen-bond donors (Lipinski definition) is 0. The number of nitrogens with zero attached hydrogens (tertiary/aromatic N) is 1. The quantitative estimate of drug-likeness (QED) is 0.694. The average Bonchev–Trinajstić information content (AvgIpc) is 2.18. The van der Waals surface area contributed by atoms with Gasteiger partial charge in [0.15, 0.2) is 5.78 Å². The summed E-state index contributed by atoms with van der Waals surface area (Å²) in [7, 11) is 1.91. The SMILES string of the molecule is CCCN(C)CC(=O)c1ccc(F)cc1. The fourth-order valence-electron chi connectivity index (χ4n) is 1.43. The van der Waals surface area contributed by atoms with Crippen molar-refractivity contribution in [3.63, 3.8) is 0 Å². The van der Waals surface area contributed by atoms with Gasteiger partial charge in [0.1, 0.15) is 5.82 Å². The van der Waals surface area contributed by atoms with Crippen molar-refractivity contribution in [1.82, 2.24) is 4.90 Å². The zero-order valence-electron chi connectivity index (χ0n) is 9.16. The highest BCUT2D eigenvalue weighted by Gasteiger charge is 2.08. The lowest BCUT2D eigenvalue weighted by Gasteiger charge is -2.13. The van der Waals surface area contributed by atoms with Gasteiger partial charge in [-0.15, -0.1) is 0 Å². The number of carbonyl (C=O) groups is 1. The molecule has 2 nitrogen and oxygen atoms in total. The Bertz CT molecular complexity index is 321. The zero-order valence-corrected chi connectivity index (χ0v) is 9.16. The summed E-state index contributed by atoms with van der Waals surface area (Å²) in [6, 6.07) is 5.68. The van der Waals surface area contributed by atoms with E-state index < -0.39 is 0 Å². The molecule has 0 N–H and O–H groups in total. The van der Waals surface area contributed by atoms with Crippen molar-refractivity contribution in [3.8, 4) is 0 Å². The summed E-state index contributed by atoms with van der Waals surface area (Å²) in [6.45, 7) is 3.35. The van der Waals surface area contributed by atoms with E-state index in [4.69, 9.17) is 0 Å². The highest BCUT2D eigenvalue weighted by atomic mass is 19.1. The van der Waals surface area contributed by atoms with Crippen LogP contribution in [0.15, 0.2) is 24.3 Å². The molecule has 0 amide bonds. The molecule has 0 unspecified atom stereocenters. The van der Waals surface area contributed by atoms with Crippen LogP contribution in [0.1, 0.15) is 23.7 Å². The minimum absolute atomic E-state index is 0.0333. The molecule has 0 saturated carbocycles. The molecule has 0 saturated heterocycles. The fourth-order valence-corrected chi connectivity index (χ4v) is 1.43. The molecule has 1 rings (SSSR count). The van der Waals surface area contributed by atoms with Gasteiger partial charge in [-0.25, -0.2) is 4.39 Å². The lowest BCUT2D eigenvalue weighted by atomic mass is 10.1. The Kier molecular flexibility index (Phi) is 4.43. The summed E-state index contributed by atoms with van der Waals surface area (Å²) in [5.41, 5.74) is 0.569. The second-order valence-corrected chi connectivity index (χ2v) is 3.67. The molecule has 0 aliphatic heterocycles. The van der Waals surface area contributed by atoms with E-state index in [1.165, 1.54) is 24.3 Å². The minimum Gasteiger partial charge on any atom is -0.299 e. The number of Topliss-reactive ketones (excluding diaryl/α,β-unsaturated/α-hetero) is 1. The molecule has 0 bridgehead atoms. The van der Waals surface area contributed by atoms with Crippen LogP contribution in [-0.2, 0) is 0 Å². The molecular formula is C12H16FNO. The lowest BCUT2D eigenvalue weighted by Crippen LogP contribution is -2.26. The lowest BCUT2D eigenvalue weighted by molar-refractivity contribution is 0.0946. The van der Waals surface area contributed by atoms with E-state index >= 15 is 0 Å². The van der Waals surface area contributed by atoms with Crippen LogP contribution in [0, 0.1) is 5.82 Å². The van der Waals surface area contributed by atoms with Gasteiger partial charge in [0.25, 0.3) is 0 Å². The van der Waals surface area contributed by atoms with Crippen LogP contribution in [0.2, 0.25) is 0 Å². The Morgan fingerprint density at radius 2 is 1.93 bits per heavy atom. The molecule has 0 heterocycles. The van der Waals surface area contributed by atoms with E-state index in [-0.39, 0.29) is 11.6 Å². The van der Waals surface area contributed by atoms with Gasteiger partial charge in [-0.2, -0.15) is 0 Å². The zero-order chi connectivity index (χ0) is 11.3. The first-order valence-electron chi connectivity index (χ1n) is 5.10. The summed E-state index contributed by atoms with van der Waals surface area (Å²) in [5, 5.41) is 0. The highest BCUT2D eigenvalue weighted by molar-refractivity contribution is 5.97. The number of ketones is 1. The third kappa shape index (κ3) is 3.80. The summed E-state index contributed by atoms with van der Waals surface area (Å²) in [6.07, 6.45) is 1.02. The maximum absolute atomic E-state index is 12.6. The third-order valence-corrected chi connectivity index (χ3v) is 2.19. The topological polar surface area (TPSA) is 20.3 Å². The van der Waals surface area contributed by atoms with E-state index in [0.717, 1.165) is 13.0 Å². The van der Waals surface area contributed by atoms with Gasteiger partial charge in [0.2, 0.25) is 0 Å². The Morgan fingerprint density at radius 1 is 1.33 bits per heavy atom. The molecular weight excluding hydrogens is 193 g/mol. The molecule has 82 valence electrons. The number of likely N-dealkylation sites (N-methyl/N-ethyl adjacent to an activating group) is 1. The highest BCUT2D eigenvalue weighted by Crippen LogP contribution is 2.04.